The lowest BCUT2D eigenvalue weighted by molar-refractivity contribution is 0.108. The molecule has 9 aromatic rings. The number of methoxy groups -OCH3 is 1. The fourth-order valence-corrected chi connectivity index (χ4v) is 14.9. The maximum absolute atomic E-state index is 13.5. The predicted octanol–water partition coefficient (Wildman–Crippen LogP) is 6.71. The van der Waals surface area contributed by atoms with Gasteiger partial charge in [-0.1, -0.05) is 51.9 Å². The SMILES string of the molecule is CNCC(O)COc1cccc(-c2nc(-c3c(C)noc3C)cc(N3CCN(C(=O)OC)CC3)n2)c1.CNCC(O)COc1cccc(-c2nc(-c3c(C)noc3C)cc(N3CCN(CC(C)F)CC3)n2)c1.CNCC(O)COc1cccc(-c2nc(-c3c(C)noc3C)cc(N3C[C@@H]4C[C@H]3CN4S(C)(=O)=O)n2)c1. The summed E-state index contributed by atoms with van der Waals surface area (Å²) in [6.07, 6.45) is -0.990. The number of benzene rings is 3. The Hall–Kier alpha value is -9.84. The second-order valence-electron chi connectivity index (χ2n) is 27.6. The number of ether oxygens (including phenoxy) is 4. The Morgan fingerprint density at radius 2 is 0.917 bits per heavy atom. The highest BCUT2D eigenvalue weighted by Gasteiger charge is 2.47. The zero-order valence-electron chi connectivity index (χ0n) is 63.8. The second kappa shape index (κ2) is 36.6. The third-order valence-electron chi connectivity index (χ3n) is 19.1. The van der Waals surface area contributed by atoms with Crippen LogP contribution in [0.15, 0.2) is 105 Å². The summed E-state index contributed by atoms with van der Waals surface area (Å²) < 4.78 is 77.9. The number of piperazine rings is 3. The topological polar surface area (TPSA) is 360 Å². The lowest BCUT2D eigenvalue weighted by Crippen LogP contribution is -2.49. The van der Waals surface area contributed by atoms with Crippen molar-refractivity contribution >= 4 is 33.6 Å². The molecule has 0 saturated carbocycles. The number of nitrogens with one attached hydrogen (secondary N) is 3. The fraction of sp³-hybridized carbons (Fsp3) is 0.474. The number of hydrogen-bond acceptors (Lipinski definition) is 29. The Balaban J connectivity index is 0.000000162. The van der Waals surface area contributed by atoms with Crippen molar-refractivity contribution < 1.29 is 65.4 Å². The summed E-state index contributed by atoms with van der Waals surface area (Å²) in [5.41, 5.74) is 9.21. The van der Waals surface area contributed by atoms with E-state index in [2.05, 4.69) is 51.0 Å². The van der Waals surface area contributed by atoms with Gasteiger partial charge < -0.3 is 83.4 Å². The molecule has 4 aliphatic heterocycles. The number of amides is 1. The Labute approximate surface area is 634 Å². The smallest absolute Gasteiger partial charge is 0.409 e. The van der Waals surface area contributed by atoms with Gasteiger partial charge >= 0.3 is 6.09 Å². The largest absolute Gasteiger partial charge is 0.491 e. The van der Waals surface area contributed by atoms with Gasteiger partial charge in [0.05, 0.1) is 64.2 Å². The van der Waals surface area contributed by atoms with E-state index < -0.39 is 34.5 Å². The van der Waals surface area contributed by atoms with Gasteiger partial charge in [-0.3, -0.25) is 4.90 Å². The van der Waals surface area contributed by atoms with Gasteiger partial charge in [0.1, 0.15) is 96.3 Å². The molecule has 13 rings (SSSR count). The van der Waals surface area contributed by atoms with Crippen molar-refractivity contribution in [3.63, 3.8) is 0 Å². The highest BCUT2D eigenvalue weighted by atomic mass is 32.2. The number of carbonyl (C=O) groups is 1. The number of sulfonamides is 1. The second-order valence-corrected chi connectivity index (χ2v) is 29.5. The number of aliphatic hydroxyl groups is 3. The molecular weight excluding hydrogens is 1420 g/mol. The zero-order valence-corrected chi connectivity index (χ0v) is 64.6. The van der Waals surface area contributed by atoms with Gasteiger partial charge in [0.25, 0.3) is 0 Å². The van der Waals surface area contributed by atoms with E-state index in [1.54, 1.807) is 37.3 Å². The number of anilines is 3. The number of likely N-dealkylation sites (N-methyl/N-ethyl adjacent to an activating group) is 3. The lowest BCUT2D eigenvalue weighted by atomic mass is 10.1. The lowest BCUT2D eigenvalue weighted by Gasteiger charge is -2.35. The van der Waals surface area contributed by atoms with Crippen LogP contribution in [0.1, 0.15) is 47.7 Å². The maximum Gasteiger partial charge on any atom is 0.409 e. The highest BCUT2D eigenvalue weighted by molar-refractivity contribution is 7.88. The molecule has 6 aromatic heterocycles. The summed E-state index contributed by atoms with van der Waals surface area (Å²) in [4.78, 5) is 51.5. The van der Waals surface area contributed by atoms with Gasteiger partial charge in [0, 0.05) is 139 Å². The first-order valence-electron chi connectivity index (χ1n) is 36.4. The number of nitrogens with zero attached hydrogens (tertiary/aromatic N) is 15. The number of carbonyl (C=O) groups excluding carboxylic acids is 1. The van der Waals surface area contributed by atoms with Crippen molar-refractivity contribution in [2.24, 2.45) is 0 Å². The van der Waals surface area contributed by atoms with Crippen molar-refractivity contribution in [2.75, 3.05) is 161 Å². The van der Waals surface area contributed by atoms with Crippen molar-refractivity contribution in [3.8, 4) is 85.2 Å². The van der Waals surface area contributed by atoms with Gasteiger partial charge in [0.2, 0.25) is 10.0 Å². The summed E-state index contributed by atoms with van der Waals surface area (Å²) in [5.74, 6) is 7.76. The van der Waals surface area contributed by atoms with Gasteiger partial charge in [-0.05, 0) is 112 Å². The first kappa shape index (κ1) is 80.2. The molecule has 109 heavy (non-hydrogen) atoms. The van der Waals surface area contributed by atoms with E-state index in [1.807, 2.05) is 133 Å². The molecule has 6 N–H and O–H groups in total. The van der Waals surface area contributed by atoms with Crippen LogP contribution in [-0.2, 0) is 14.8 Å². The number of aromatic nitrogens is 9. The number of halogens is 1. The molecule has 10 heterocycles. The molecule has 6 atom stereocenters. The average Bonchev–Trinajstić information content (AvgIpc) is 1.53. The van der Waals surface area contributed by atoms with Gasteiger partial charge in [-0.2, -0.15) is 4.31 Å². The molecule has 31 nitrogen and oxygen atoms in total. The van der Waals surface area contributed by atoms with Crippen LogP contribution in [0.2, 0.25) is 0 Å². The standard InChI is InChI=1S/C26H35FN6O3.C25H32N6O5S.C25H32N6O5/c1-17(27)15-32-8-10-33(11-9-32)24-13-23(25-18(2)31-36-19(25)3)29-26(30-24)20-6-5-7-22(12-20)35-16-21(34)14-28-4;1-15-24(16(2)36-29-15)22-10-23(30-12-19-9-18(30)13-31(19)37(4,33)34)28-25(27-22)17-6-5-7-21(8-17)35-14-20(32)11-26-3;1-16-23(17(2)36-29-16)21-13-22(30-8-10-31(11-9-30)25(33)34-4)28-24(27-21)18-6-5-7-20(12-18)35-15-19(32)14-26-3/h5-7,12-13,17,21,28,34H,8-11,14-16H2,1-4H3;5-8,10,18-20,26,32H,9,11-14H2,1-4H3;5-7,12-13,19,26,32H,8-11,14-15H2,1-4H3/t;18-,19-,20?;/m.0./s1. The van der Waals surface area contributed by atoms with Gasteiger partial charge in [-0.15, -0.1) is 0 Å². The molecule has 584 valence electrons. The molecule has 4 unspecified atom stereocenters. The Morgan fingerprint density at radius 1 is 0.541 bits per heavy atom. The highest BCUT2D eigenvalue weighted by Crippen LogP contribution is 2.40. The third kappa shape index (κ3) is 20.4. The molecule has 4 aliphatic rings. The van der Waals surface area contributed by atoms with Crippen LogP contribution in [0.4, 0.5) is 26.6 Å². The molecule has 0 radical (unpaired) electrons. The first-order chi connectivity index (χ1) is 52.4. The number of hydrogen-bond donors (Lipinski definition) is 6. The quantitative estimate of drug-likeness (QED) is 0.0311. The van der Waals surface area contributed by atoms with E-state index in [1.165, 1.54) is 13.4 Å². The number of rotatable bonds is 27. The number of alkyl halides is 1. The zero-order chi connectivity index (χ0) is 77.6. The Kier molecular flexibility index (Phi) is 26.9. The number of aliphatic hydroxyl groups excluding tert-OH is 3. The Morgan fingerprint density at radius 3 is 1.25 bits per heavy atom. The van der Waals surface area contributed by atoms with Crippen LogP contribution >= 0.6 is 0 Å². The fourth-order valence-electron chi connectivity index (χ4n) is 13.8. The molecule has 4 saturated heterocycles. The third-order valence-corrected chi connectivity index (χ3v) is 20.4. The first-order valence-corrected chi connectivity index (χ1v) is 38.3. The van der Waals surface area contributed by atoms with Gasteiger partial charge in [-0.25, -0.2) is 47.5 Å². The number of aryl methyl sites for hydroxylation is 6. The minimum Gasteiger partial charge on any atom is -0.491 e. The van der Waals surface area contributed by atoms with Crippen LogP contribution < -0.4 is 44.9 Å². The molecule has 2 bridgehead atoms. The molecule has 33 heteroatoms. The van der Waals surface area contributed by atoms with E-state index in [9.17, 15) is 32.9 Å². The van der Waals surface area contributed by atoms with Crippen molar-refractivity contribution in [1.82, 2.24) is 75.4 Å². The number of fused-ring (bicyclic) bond motifs is 2. The van der Waals surface area contributed by atoms with Crippen LogP contribution in [0.25, 0.3) is 67.9 Å². The van der Waals surface area contributed by atoms with Crippen LogP contribution in [0, 0.1) is 41.5 Å². The summed E-state index contributed by atoms with van der Waals surface area (Å²) in [6, 6.07) is 28.3. The Bertz CT molecular complexity index is 4590. The summed E-state index contributed by atoms with van der Waals surface area (Å²) in [5, 5.41) is 51.0. The van der Waals surface area contributed by atoms with Crippen molar-refractivity contribution in [1.29, 1.82) is 0 Å². The van der Waals surface area contributed by atoms with E-state index in [4.69, 9.17) is 62.4 Å². The molecule has 4 fully saturated rings. The van der Waals surface area contributed by atoms with E-state index >= 15 is 0 Å². The molecule has 0 aliphatic carbocycles. The molecular formula is C76H99FN18O13S. The van der Waals surface area contributed by atoms with Crippen LogP contribution in [0.3, 0.4) is 0 Å². The summed E-state index contributed by atoms with van der Waals surface area (Å²) in [7, 11) is 3.48. The monoisotopic (exact) mass is 1520 g/mol. The van der Waals surface area contributed by atoms with E-state index in [0.29, 0.717) is 129 Å². The van der Waals surface area contributed by atoms with Gasteiger partial charge in [0.15, 0.2) is 17.5 Å². The van der Waals surface area contributed by atoms with Crippen LogP contribution in [-0.4, -0.2) is 272 Å². The van der Waals surface area contributed by atoms with Crippen molar-refractivity contribution in [3.05, 3.63) is 125 Å². The molecule has 1 amide bonds. The van der Waals surface area contributed by atoms with E-state index in [0.717, 1.165) is 106 Å². The minimum atomic E-state index is -3.25. The summed E-state index contributed by atoms with van der Waals surface area (Å²) in [6.45, 7) is 21.4. The maximum atomic E-state index is 13.5. The average molecular weight is 1520 g/mol. The van der Waals surface area contributed by atoms with Crippen molar-refractivity contribution in [2.45, 2.75) is 91.5 Å². The minimum absolute atomic E-state index is 0.0447. The summed E-state index contributed by atoms with van der Waals surface area (Å²) >= 11 is 0. The predicted molar refractivity (Wildman–Crippen MR) is 410 cm³/mol. The molecule has 0 spiro atoms. The normalized spacial score (nSPS) is 17.1. The molecule has 3 aromatic carbocycles. The van der Waals surface area contributed by atoms with E-state index in [-0.39, 0.29) is 38.0 Å². The van der Waals surface area contributed by atoms with Crippen LogP contribution in [0.5, 0.6) is 17.2 Å².